The fourth-order valence-corrected chi connectivity index (χ4v) is 2.66. The molecular formula is C13H18N2O4S. The van der Waals surface area contributed by atoms with E-state index in [2.05, 4.69) is 9.44 Å². The number of hydrogen-bond acceptors (Lipinski definition) is 3. The fraction of sp³-hybridized carbons (Fsp3) is 0.308. The van der Waals surface area contributed by atoms with Crippen LogP contribution in [0.2, 0.25) is 0 Å². The molecule has 0 aliphatic carbocycles. The van der Waals surface area contributed by atoms with Gasteiger partial charge in [0.25, 0.3) is 10.2 Å². The molecule has 0 radical (unpaired) electrons. The third-order valence-electron chi connectivity index (χ3n) is 2.52. The van der Waals surface area contributed by atoms with Gasteiger partial charge in [-0.2, -0.15) is 13.1 Å². The van der Waals surface area contributed by atoms with Gasteiger partial charge in [-0.3, -0.25) is 0 Å². The van der Waals surface area contributed by atoms with Crippen LogP contribution in [0.1, 0.15) is 31.0 Å². The van der Waals surface area contributed by atoms with Gasteiger partial charge in [0.15, 0.2) is 0 Å². The van der Waals surface area contributed by atoms with Crippen LogP contribution in [0.4, 0.5) is 0 Å². The molecule has 1 aromatic carbocycles. The number of nitrogens with one attached hydrogen (secondary N) is 2. The molecule has 0 amide bonds. The van der Waals surface area contributed by atoms with Crippen molar-refractivity contribution in [2.75, 3.05) is 6.54 Å². The standard InChI is InChI=1S/C13H18N2O4S/c1-3-14-20(18,19)15-10(2)12-7-4-11(5-8-12)6-9-13(16)17/h4-10,14-15H,3H2,1-2H3,(H,16,17)/b9-6+. The Labute approximate surface area is 118 Å². The zero-order valence-electron chi connectivity index (χ0n) is 11.3. The normalized spacial score (nSPS) is 13.5. The maximum atomic E-state index is 11.6. The van der Waals surface area contributed by atoms with E-state index in [0.717, 1.165) is 17.2 Å². The summed E-state index contributed by atoms with van der Waals surface area (Å²) in [6.45, 7) is 3.76. The lowest BCUT2D eigenvalue weighted by Gasteiger charge is -2.14. The van der Waals surface area contributed by atoms with Gasteiger partial charge < -0.3 is 5.11 Å². The van der Waals surface area contributed by atoms with E-state index in [1.165, 1.54) is 6.08 Å². The third kappa shape index (κ3) is 5.52. The summed E-state index contributed by atoms with van der Waals surface area (Å²) in [5.74, 6) is -1.01. The number of rotatable bonds is 7. The number of benzene rings is 1. The minimum atomic E-state index is -3.50. The molecule has 0 aliphatic rings. The monoisotopic (exact) mass is 298 g/mol. The van der Waals surface area contributed by atoms with Crippen molar-refractivity contribution < 1.29 is 18.3 Å². The number of carboxylic acids is 1. The van der Waals surface area contributed by atoms with Crippen LogP contribution in [0.15, 0.2) is 30.3 Å². The van der Waals surface area contributed by atoms with Crippen LogP contribution in [-0.4, -0.2) is 26.0 Å². The van der Waals surface area contributed by atoms with E-state index in [1.807, 2.05) is 0 Å². The van der Waals surface area contributed by atoms with Crippen LogP contribution in [0, 0.1) is 0 Å². The molecule has 110 valence electrons. The largest absolute Gasteiger partial charge is 0.478 e. The third-order valence-corrected chi connectivity index (χ3v) is 3.85. The van der Waals surface area contributed by atoms with E-state index in [-0.39, 0.29) is 6.04 Å². The molecule has 3 N–H and O–H groups in total. The summed E-state index contributed by atoms with van der Waals surface area (Å²) in [7, 11) is -3.50. The first-order chi connectivity index (χ1) is 9.34. The molecule has 0 fully saturated rings. The van der Waals surface area contributed by atoms with E-state index in [1.54, 1.807) is 38.1 Å². The molecule has 1 unspecified atom stereocenters. The summed E-state index contributed by atoms with van der Waals surface area (Å²) in [5, 5.41) is 8.53. The highest BCUT2D eigenvalue weighted by atomic mass is 32.2. The summed E-state index contributed by atoms with van der Waals surface area (Å²) in [5.41, 5.74) is 1.52. The zero-order chi connectivity index (χ0) is 15.2. The Kier molecular flexibility index (Phi) is 5.87. The van der Waals surface area contributed by atoms with Crippen LogP contribution in [-0.2, 0) is 15.0 Å². The van der Waals surface area contributed by atoms with Gasteiger partial charge in [-0.1, -0.05) is 31.2 Å². The molecule has 0 spiro atoms. The molecule has 1 aromatic rings. The molecule has 0 bridgehead atoms. The van der Waals surface area contributed by atoms with E-state index in [9.17, 15) is 13.2 Å². The Balaban J connectivity index is 2.75. The highest BCUT2D eigenvalue weighted by Crippen LogP contribution is 2.14. The summed E-state index contributed by atoms with van der Waals surface area (Å²) in [6, 6.07) is 6.58. The van der Waals surface area contributed by atoms with E-state index >= 15 is 0 Å². The van der Waals surface area contributed by atoms with Crippen molar-refractivity contribution in [2.24, 2.45) is 0 Å². The molecule has 1 rings (SSSR count). The lowest BCUT2D eigenvalue weighted by atomic mass is 10.1. The molecule has 6 nitrogen and oxygen atoms in total. The van der Waals surface area contributed by atoms with Gasteiger partial charge in [0, 0.05) is 18.7 Å². The van der Waals surface area contributed by atoms with E-state index in [4.69, 9.17) is 5.11 Å². The molecular weight excluding hydrogens is 280 g/mol. The Morgan fingerprint density at radius 2 is 1.95 bits per heavy atom. The summed E-state index contributed by atoms with van der Waals surface area (Å²) in [6.07, 6.45) is 2.52. The van der Waals surface area contributed by atoms with Crippen LogP contribution in [0.25, 0.3) is 6.08 Å². The Hall–Kier alpha value is -1.70. The summed E-state index contributed by atoms with van der Waals surface area (Å²) < 4.78 is 28.0. The molecule has 0 heterocycles. The first-order valence-electron chi connectivity index (χ1n) is 6.12. The van der Waals surface area contributed by atoms with Crippen molar-refractivity contribution in [3.63, 3.8) is 0 Å². The Morgan fingerprint density at radius 3 is 2.45 bits per heavy atom. The second-order valence-corrected chi connectivity index (χ2v) is 5.71. The molecule has 20 heavy (non-hydrogen) atoms. The second kappa shape index (κ2) is 7.18. The number of aliphatic carboxylic acids is 1. The van der Waals surface area contributed by atoms with Gasteiger partial charge in [-0.05, 0) is 24.1 Å². The van der Waals surface area contributed by atoms with Crippen molar-refractivity contribution in [3.05, 3.63) is 41.5 Å². The first-order valence-corrected chi connectivity index (χ1v) is 7.60. The first kappa shape index (κ1) is 16.4. The predicted molar refractivity (Wildman–Crippen MR) is 77.3 cm³/mol. The molecule has 0 saturated heterocycles. The topological polar surface area (TPSA) is 95.5 Å². The van der Waals surface area contributed by atoms with Crippen LogP contribution >= 0.6 is 0 Å². The SMILES string of the molecule is CCNS(=O)(=O)NC(C)c1ccc(/C=C/C(=O)O)cc1. The zero-order valence-corrected chi connectivity index (χ0v) is 12.1. The van der Waals surface area contributed by atoms with Crippen molar-refractivity contribution in [1.29, 1.82) is 0 Å². The van der Waals surface area contributed by atoms with Gasteiger partial charge in [0.2, 0.25) is 0 Å². The fourth-order valence-electron chi connectivity index (χ4n) is 1.60. The van der Waals surface area contributed by atoms with Gasteiger partial charge in [-0.25, -0.2) is 9.52 Å². The molecule has 0 aliphatic heterocycles. The van der Waals surface area contributed by atoms with Gasteiger partial charge in [0.05, 0.1) is 0 Å². The minimum Gasteiger partial charge on any atom is -0.478 e. The van der Waals surface area contributed by atoms with E-state index in [0.29, 0.717) is 6.54 Å². The van der Waals surface area contributed by atoms with Crippen molar-refractivity contribution in [2.45, 2.75) is 19.9 Å². The minimum absolute atomic E-state index is 0.320. The Morgan fingerprint density at radius 1 is 1.35 bits per heavy atom. The smallest absolute Gasteiger partial charge is 0.328 e. The maximum Gasteiger partial charge on any atom is 0.328 e. The average Bonchev–Trinajstić information content (AvgIpc) is 2.36. The quantitative estimate of drug-likeness (QED) is 0.661. The Bertz CT molecular complexity index is 579. The lowest BCUT2D eigenvalue weighted by molar-refractivity contribution is -0.131. The van der Waals surface area contributed by atoms with Crippen molar-refractivity contribution in [1.82, 2.24) is 9.44 Å². The van der Waals surface area contributed by atoms with Gasteiger partial charge in [0.1, 0.15) is 0 Å². The van der Waals surface area contributed by atoms with Crippen LogP contribution in [0.3, 0.4) is 0 Å². The van der Waals surface area contributed by atoms with Crippen LogP contribution < -0.4 is 9.44 Å². The van der Waals surface area contributed by atoms with Gasteiger partial charge in [-0.15, -0.1) is 0 Å². The summed E-state index contributed by atoms with van der Waals surface area (Å²) in [4.78, 5) is 10.4. The lowest BCUT2D eigenvalue weighted by Crippen LogP contribution is -2.37. The summed E-state index contributed by atoms with van der Waals surface area (Å²) >= 11 is 0. The second-order valence-electron chi connectivity index (χ2n) is 4.18. The van der Waals surface area contributed by atoms with E-state index < -0.39 is 16.2 Å². The average molecular weight is 298 g/mol. The molecule has 0 aromatic heterocycles. The number of hydrogen-bond donors (Lipinski definition) is 3. The van der Waals surface area contributed by atoms with Crippen LogP contribution in [0.5, 0.6) is 0 Å². The highest BCUT2D eigenvalue weighted by Gasteiger charge is 2.13. The molecule has 1 atom stereocenters. The predicted octanol–water partition coefficient (Wildman–Crippen LogP) is 1.29. The van der Waals surface area contributed by atoms with Gasteiger partial charge >= 0.3 is 5.97 Å². The van der Waals surface area contributed by atoms with Crippen molar-refractivity contribution >= 4 is 22.3 Å². The maximum absolute atomic E-state index is 11.6. The molecule has 7 heteroatoms. The molecule has 0 saturated carbocycles. The number of carbonyl (C=O) groups is 1. The van der Waals surface area contributed by atoms with Crippen molar-refractivity contribution in [3.8, 4) is 0 Å². The highest BCUT2D eigenvalue weighted by molar-refractivity contribution is 7.87. The number of carboxylic acid groups (broad SMARTS) is 1.